The van der Waals surface area contributed by atoms with Crippen LogP contribution in [-0.2, 0) is 0 Å². The van der Waals surface area contributed by atoms with E-state index in [0.29, 0.717) is 3.57 Å². The second kappa shape index (κ2) is 7.04. The molecule has 1 aromatic rings. The van der Waals surface area contributed by atoms with Crippen molar-refractivity contribution in [1.82, 2.24) is 0 Å². The van der Waals surface area contributed by atoms with E-state index in [-0.39, 0.29) is 22.6 Å². The van der Waals surface area contributed by atoms with Crippen LogP contribution in [0, 0.1) is 19.1 Å². The summed E-state index contributed by atoms with van der Waals surface area (Å²) in [6.45, 7) is 5.23. The lowest BCUT2D eigenvalue weighted by Gasteiger charge is -2.25. The minimum Gasteiger partial charge on any atom is -0.396 e. The number of nitro benzene ring substituents is 1. The number of anilines is 1. The average Bonchev–Trinajstić information content (AvgIpc) is 2.34. The number of aliphatic hydroxyl groups is 1. The van der Waals surface area contributed by atoms with Crippen LogP contribution in [0.25, 0.3) is 0 Å². The number of nitrogens with zero attached hydrogens (tertiary/aromatic N) is 1. The molecule has 0 amide bonds. The third kappa shape index (κ3) is 5.32. The number of rotatable bonds is 7. The van der Waals surface area contributed by atoms with Crippen LogP contribution in [0.3, 0.4) is 0 Å². The molecule has 6 heteroatoms. The van der Waals surface area contributed by atoms with Crippen molar-refractivity contribution in [3.63, 3.8) is 0 Å². The summed E-state index contributed by atoms with van der Waals surface area (Å²) in [5.74, 6) is 0. The first-order valence-corrected chi connectivity index (χ1v) is 7.22. The Morgan fingerprint density at radius 3 is 2.68 bits per heavy atom. The van der Waals surface area contributed by atoms with Crippen molar-refractivity contribution in [1.29, 1.82) is 0 Å². The fourth-order valence-corrected chi connectivity index (χ4v) is 2.46. The fraction of sp³-hybridized carbons (Fsp3) is 0.538. The first-order chi connectivity index (χ1) is 8.85. The lowest BCUT2D eigenvalue weighted by atomic mass is 9.88. The van der Waals surface area contributed by atoms with E-state index < -0.39 is 0 Å². The number of nitro groups is 1. The van der Waals surface area contributed by atoms with Crippen LogP contribution in [0.5, 0.6) is 0 Å². The minimum absolute atomic E-state index is 0.0793. The largest absolute Gasteiger partial charge is 0.396 e. The standard InChI is InChI=1S/C13H19IN2O3/c1-13(2,6-3-7-17)9-15-10-4-5-12(16(18)19)11(14)8-10/h4-5,8,15,17H,3,6-7,9H2,1-2H3. The van der Waals surface area contributed by atoms with Gasteiger partial charge in [-0.3, -0.25) is 10.1 Å². The predicted octanol–water partition coefficient (Wildman–Crippen LogP) is 3.41. The maximum Gasteiger partial charge on any atom is 0.282 e. The normalized spacial score (nSPS) is 11.4. The van der Waals surface area contributed by atoms with Crippen molar-refractivity contribution in [3.8, 4) is 0 Å². The Morgan fingerprint density at radius 1 is 1.47 bits per heavy atom. The van der Waals surface area contributed by atoms with Gasteiger partial charge in [-0.15, -0.1) is 0 Å². The molecule has 5 nitrogen and oxygen atoms in total. The fourth-order valence-electron chi connectivity index (χ4n) is 1.75. The van der Waals surface area contributed by atoms with E-state index in [2.05, 4.69) is 19.2 Å². The topological polar surface area (TPSA) is 75.4 Å². The van der Waals surface area contributed by atoms with Crippen molar-refractivity contribution in [3.05, 3.63) is 31.9 Å². The molecule has 0 aromatic heterocycles. The number of halogens is 1. The third-order valence-corrected chi connectivity index (χ3v) is 3.79. The highest BCUT2D eigenvalue weighted by molar-refractivity contribution is 14.1. The highest BCUT2D eigenvalue weighted by atomic mass is 127. The first-order valence-electron chi connectivity index (χ1n) is 6.14. The summed E-state index contributed by atoms with van der Waals surface area (Å²) in [7, 11) is 0. The second-order valence-electron chi connectivity index (χ2n) is 5.27. The van der Waals surface area contributed by atoms with Crippen LogP contribution in [0.15, 0.2) is 18.2 Å². The number of aliphatic hydroxyl groups excluding tert-OH is 1. The van der Waals surface area contributed by atoms with Gasteiger partial charge >= 0.3 is 0 Å². The summed E-state index contributed by atoms with van der Waals surface area (Å²) < 4.78 is 0.626. The highest BCUT2D eigenvalue weighted by Crippen LogP contribution is 2.26. The van der Waals surface area contributed by atoms with Gasteiger partial charge in [0.05, 0.1) is 8.49 Å². The van der Waals surface area contributed by atoms with Crippen LogP contribution in [0.4, 0.5) is 11.4 Å². The summed E-state index contributed by atoms with van der Waals surface area (Å²) in [5, 5.41) is 22.9. The number of nitrogens with one attached hydrogen (secondary N) is 1. The van der Waals surface area contributed by atoms with Crippen LogP contribution in [0.2, 0.25) is 0 Å². The van der Waals surface area contributed by atoms with Crippen molar-refractivity contribution >= 4 is 34.0 Å². The molecule has 0 saturated heterocycles. The third-order valence-electron chi connectivity index (χ3n) is 2.93. The molecule has 0 aliphatic carbocycles. The van der Waals surface area contributed by atoms with Gasteiger partial charge in [0.25, 0.3) is 5.69 Å². The zero-order chi connectivity index (χ0) is 14.5. The van der Waals surface area contributed by atoms with Crippen molar-refractivity contribution in [2.75, 3.05) is 18.5 Å². The Morgan fingerprint density at radius 2 is 2.16 bits per heavy atom. The molecule has 1 aromatic carbocycles. The molecule has 106 valence electrons. The monoisotopic (exact) mass is 378 g/mol. The number of hydrogen-bond donors (Lipinski definition) is 2. The van der Waals surface area contributed by atoms with Crippen molar-refractivity contribution < 1.29 is 10.0 Å². The molecule has 2 N–H and O–H groups in total. The average molecular weight is 378 g/mol. The van der Waals surface area contributed by atoms with Gasteiger partial charge in [-0.2, -0.15) is 0 Å². The van der Waals surface area contributed by atoms with Crippen LogP contribution in [-0.4, -0.2) is 23.2 Å². The van der Waals surface area contributed by atoms with Gasteiger partial charge < -0.3 is 10.4 Å². The summed E-state index contributed by atoms with van der Waals surface area (Å²) in [4.78, 5) is 10.3. The number of benzene rings is 1. The SMILES string of the molecule is CC(C)(CCCO)CNc1ccc([N+](=O)[O-])c(I)c1. The molecule has 0 aliphatic heterocycles. The van der Waals surface area contributed by atoms with E-state index in [4.69, 9.17) is 5.11 Å². The first kappa shape index (κ1) is 16.2. The van der Waals surface area contributed by atoms with Gasteiger partial charge in [0.15, 0.2) is 0 Å². The Hall–Kier alpha value is -0.890. The van der Waals surface area contributed by atoms with Crippen molar-refractivity contribution in [2.45, 2.75) is 26.7 Å². The molecular weight excluding hydrogens is 359 g/mol. The van der Waals surface area contributed by atoms with Crippen molar-refractivity contribution in [2.24, 2.45) is 5.41 Å². The summed E-state index contributed by atoms with van der Waals surface area (Å²) in [6.07, 6.45) is 1.72. The molecule has 19 heavy (non-hydrogen) atoms. The lowest BCUT2D eigenvalue weighted by molar-refractivity contribution is -0.385. The highest BCUT2D eigenvalue weighted by Gasteiger charge is 2.17. The van der Waals surface area contributed by atoms with E-state index in [1.807, 2.05) is 22.6 Å². The molecule has 1 rings (SSSR count). The molecule has 0 spiro atoms. The van der Waals surface area contributed by atoms with E-state index >= 15 is 0 Å². The quantitative estimate of drug-likeness (QED) is 0.433. The van der Waals surface area contributed by atoms with Crippen LogP contribution < -0.4 is 5.32 Å². The van der Waals surface area contributed by atoms with Crippen LogP contribution >= 0.6 is 22.6 Å². The van der Waals surface area contributed by atoms with Gasteiger partial charge in [0, 0.05) is 24.9 Å². The molecule has 0 unspecified atom stereocenters. The second-order valence-corrected chi connectivity index (χ2v) is 6.43. The maximum atomic E-state index is 10.7. The minimum atomic E-state index is -0.378. The molecule has 0 fully saturated rings. The smallest absolute Gasteiger partial charge is 0.282 e. The Bertz CT molecular complexity index is 450. The molecule has 0 heterocycles. The molecule has 0 atom stereocenters. The molecule has 0 saturated carbocycles. The predicted molar refractivity (Wildman–Crippen MR) is 84.4 cm³/mol. The van der Waals surface area contributed by atoms with Gasteiger partial charge in [-0.05, 0) is 53.0 Å². The van der Waals surface area contributed by atoms with E-state index in [1.165, 1.54) is 6.07 Å². The zero-order valence-corrected chi connectivity index (χ0v) is 13.3. The summed E-state index contributed by atoms with van der Waals surface area (Å²) >= 11 is 1.97. The Kier molecular flexibility index (Phi) is 5.99. The van der Waals surface area contributed by atoms with E-state index in [0.717, 1.165) is 25.1 Å². The Labute approximate surface area is 126 Å². The van der Waals surface area contributed by atoms with Gasteiger partial charge in [-0.1, -0.05) is 13.8 Å². The van der Waals surface area contributed by atoms with Gasteiger partial charge in [0.1, 0.15) is 0 Å². The van der Waals surface area contributed by atoms with Gasteiger partial charge in [-0.25, -0.2) is 0 Å². The number of hydrogen-bond acceptors (Lipinski definition) is 4. The maximum absolute atomic E-state index is 10.7. The molecule has 0 radical (unpaired) electrons. The zero-order valence-electron chi connectivity index (χ0n) is 11.1. The summed E-state index contributed by atoms with van der Waals surface area (Å²) in [5.41, 5.74) is 1.09. The molecular formula is C13H19IN2O3. The lowest BCUT2D eigenvalue weighted by Crippen LogP contribution is -2.23. The Balaban J connectivity index is 2.63. The molecule has 0 bridgehead atoms. The van der Waals surface area contributed by atoms with Gasteiger partial charge in [0.2, 0.25) is 0 Å². The molecule has 0 aliphatic rings. The van der Waals surface area contributed by atoms with E-state index in [1.54, 1.807) is 12.1 Å². The van der Waals surface area contributed by atoms with E-state index in [9.17, 15) is 10.1 Å². The summed E-state index contributed by atoms with van der Waals surface area (Å²) in [6, 6.07) is 5.02. The van der Waals surface area contributed by atoms with Crippen LogP contribution in [0.1, 0.15) is 26.7 Å².